The number of aliphatic carboxylic acids is 1. The lowest BCUT2D eigenvalue weighted by atomic mass is 9.86. The van der Waals surface area contributed by atoms with Crippen LogP contribution in [-0.2, 0) is 14.3 Å². The van der Waals surface area contributed by atoms with Gasteiger partial charge < -0.3 is 20.1 Å². The summed E-state index contributed by atoms with van der Waals surface area (Å²) in [5.41, 5.74) is -2.85. The number of hydrogen-bond acceptors (Lipinski definition) is 4. The van der Waals surface area contributed by atoms with E-state index < -0.39 is 36.4 Å². The van der Waals surface area contributed by atoms with Gasteiger partial charge in [-0.15, -0.1) is 0 Å². The van der Waals surface area contributed by atoms with Gasteiger partial charge in [-0.25, -0.2) is 0 Å². The molecule has 0 aromatic carbocycles. The van der Waals surface area contributed by atoms with Crippen molar-refractivity contribution in [3.8, 4) is 0 Å². The number of halogens is 3. The molecule has 0 bridgehead atoms. The molecule has 1 unspecified atom stereocenters. The summed E-state index contributed by atoms with van der Waals surface area (Å²) < 4.78 is 43.5. The first kappa shape index (κ1) is 16.7. The van der Waals surface area contributed by atoms with Gasteiger partial charge in [0.25, 0.3) is 0 Å². The van der Waals surface area contributed by atoms with Gasteiger partial charge in [0, 0.05) is 26.7 Å². The Morgan fingerprint density at radius 3 is 2.55 bits per heavy atom. The molecule has 0 aromatic rings. The van der Waals surface area contributed by atoms with Crippen molar-refractivity contribution in [2.75, 3.05) is 39.9 Å². The van der Waals surface area contributed by atoms with Crippen LogP contribution in [-0.4, -0.2) is 68.0 Å². The van der Waals surface area contributed by atoms with E-state index in [1.165, 1.54) is 7.11 Å². The van der Waals surface area contributed by atoms with Crippen LogP contribution in [0, 0.1) is 5.41 Å². The van der Waals surface area contributed by atoms with Crippen molar-refractivity contribution >= 4 is 11.9 Å². The standard InChI is InChI=1S/C11H17F3N2O4/c1-20-5-3-15-6-8(17)16-4-2-10(7-16,9(18)19)11(12,13)14/h15H,2-7H2,1H3,(H,18,19). The quantitative estimate of drug-likeness (QED) is 0.679. The molecule has 1 aliphatic rings. The van der Waals surface area contributed by atoms with E-state index in [1.807, 2.05) is 0 Å². The van der Waals surface area contributed by atoms with Crippen molar-refractivity contribution in [2.24, 2.45) is 5.41 Å². The highest BCUT2D eigenvalue weighted by Gasteiger charge is 2.64. The number of methoxy groups -OCH3 is 1. The summed E-state index contributed by atoms with van der Waals surface area (Å²) in [6, 6.07) is 0. The van der Waals surface area contributed by atoms with Crippen molar-refractivity contribution in [3.63, 3.8) is 0 Å². The maximum absolute atomic E-state index is 12.9. The Labute approximate surface area is 113 Å². The van der Waals surface area contributed by atoms with E-state index in [0.29, 0.717) is 13.2 Å². The van der Waals surface area contributed by atoms with E-state index in [-0.39, 0.29) is 13.1 Å². The molecule has 1 aliphatic heterocycles. The predicted octanol–water partition coefficient (Wildman–Crippen LogP) is 0.0880. The SMILES string of the molecule is COCCNCC(=O)N1CCC(C(=O)O)(C(F)(F)F)C1. The highest BCUT2D eigenvalue weighted by Crippen LogP contribution is 2.45. The van der Waals surface area contributed by atoms with E-state index in [4.69, 9.17) is 9.84 Å². The summed E-state index contributed by atoms with van der Waals surface area (Å²) in [6.07, 6.45) is -5.49. The second-order valence-electron chi connectivity index (χ2n) is 4.62. The number of nitrogens with zero attached hydrogens (tertiary/aromatic N) is 1. The van der Waals surface area contributed by atoms with Crippen molar-refractivity contribution in [1.82, 2.24) is 10.2 Å². The highest BCUT2D eigenvalue weighted by atomic mass is 19.4. The van der Waals surface area contributed by atoms with Crippen LogP contribution < -0.4 is 5.32 Å². The molecule has 2 N–H and O–H groups in total. The van der Waals surface area contributed by atoms with E-state index in [1.54, 1.807) is 0 Å². The van der Waals surface area contributed by atoms with E-state index >= 15 is 0 Å². The molecule has 1 saturated heterocycles. The van der Waals surface area contributed by atoms with Crippen LogP contribution in [0.1, 0.15) is 6.42 Å². The molecule has 1 amide bonds. The highest BCUT2D eigenvalue weighted by molar-refractivity contribution is 5.82. The third-order valence-corrected chi connectivity index (χ3v) is 3.33. The van der Waals surface area contributed by atoms with E-state index in [2.05, 4.69) is 5.32 Å². The van der Waals surface area contributed by atoms with Crippen LogP contribution >= 0.6 is 0 Å². The second-order valence-corrected chi connectivity index (χ2v) is 4.62. The maximum Gasteiger partial charge on any atom is 0.406 e. The van der Waals surface area contributed by atoms with Crippen LogP contribution in [0.25, 0.3) is 0 Å². The zero-order valence-corrected chi connectivity index (χ0v) is 11.0. The van der Waals surface area contributed by atoms with E-state index in [9.17, 15) is 22.8 Å². The van der Waals surface area contributed by atoms with Gasteiger partial charge in [0.1, 0.15) is 0 Å². The van der Waals surface area contributed by atoms with Crippen LogP contribution in [0.15, 0.2) is 0 Å². The molecule has 1 heterocycles. The Morgan fingerprint density at radius 2 is 2.10 bits per heavy atom. The number of likely N-dealkylation sites (tertiary alicyclic amines) is 1. The fourth-order valence-electron chi connectivity index (χ4n) is 2.03. The number of carboxylic acids is 1. The molecular weight excluding hydrogens is 281 g/mol. The lowest BCUT2D eigenvalue weighted by Gasteiger charge is -2.27. The lowest BCUT2D eigenvalue weighted by Crippen LogP contribution is -2.48. The number of carboxylic acid groups (broad SMARTS) is 1. The minimum absolute atomic E-state index is 0.142. The van der Waals surface area contributed by atoms with Crippen molar-refractivity contribution in [3.05, 3.63) is 0 Å². The molecule has 0 aliphatic carbocycles. The fraction of sp³-hybridized carbons (Fsp3) is 0.818. The molecule has 1 atom stereocenters. The van der Waals surface area contributed by atoms with E-state index in [0.717, 1.165) is 4.90 Å². The molecule has 1 fully saturated rings. The molecule has 0 radical (unpaired) electrons. The van der Waals surface area contributed by atoms with Gasteiger partial charge in [-0.2, -0.15) is 13.2 Å². The zero-order chi connectivity index (χ0) is 15.4. The largest absolute Gasteiger partial charge is 0.481 e. The first-order valence-corrected chi connectivity index (χ1v) is 6.02. The number of ether oxygens (including phenoxy) is 1. The van der Waals surface area contributed by atoms with Gasteiger partial charge in [-0.05, 0) is 6.42 Å². The molecule has 20 heavy (non-hydrogen) atoms. The minimum Gasteiger partial charge on any atom is -0.481 e. The Kier molecular flexibility index (Phi) is 5.35. The lowest BCUT2D eigenvalue weighted by molar-refractivity contribution is -0.227. The Hall–Kier alpha value is -1.35. The molecule has 9 heteroatoms. The van der Waals surface area contributed by atoms with Crippen LogP contribution in [0.5, 0.6) is 0 Å². The molecule has 116 valence electrons. The van der Waals surface area contributed by atoms with Crippen LogP contribution in [0.3, 0.4) is 0 Å². The van der Waals surface area contributed by atoms with Gasteiger partial charge in [0.15, 0.2) is 5.41 Å². The van der Waals surface area contributed by atoms with Crippen LogP contribution in [0.2, 0.25) is 0 Å². The summed E-state index contributed by atoms with van der Waals surface area (Å²) in [6.45, 7) is -0.432. The van der Waals surface area contributed by atoms with Crippen molar-refractivity contribution in [2.45, 2.75) is 12.6 Å². The smallest absolute Gasteiger partial charge is 0.406 e. The number of hydrogen-bond donors (Lipinski definition) is 2. The Bertz CT molecular complexity index is 375. The maximum atomic E-state index is 12.9. The monoisotopic (exact) mass is 298 g/mol. The normalized spacial score (nSPS) is 23.1. The summed E-state index contributed by atoms with van der Waals surface area (Å²) in [4.78, 5) is 23.6. The molecule has 0 saturated carbocycles. The Balaban J connectivity index is 2.61. The summed E-state index contributed by atoms with van der Waals surface area (Å²) in [7, 11) is 1.48. The second kappa shape index (κ2) is 6.40. The average molecular weight is 298 g/mol. The van der Waals surface area contributed by atoms with Gasteiger partial charge in [0.2, 0.25) is 5.91 Å². The number of amides is 1. The Morgan fingerprint density at radius 1 is 1.45 bits per heavy atom. The molecule has 6 nitrogen and oxygen atoms in total. The number of rotatable bonds is 6. The summed E-state index contributed by atoms with van der Waals surface area (Å²) >= 11 is 0. The number of nitrogens with one attached hydrogen (secondary N) is 1. The number of carbonyl (C=O) groups is 2. The fourth-order valence-corrected chi connectivity index (χ4v) is 2.03. The van der Waals surface area contributed by atoms with Crippen molar-refractivity contribution in [1.29, 1.82) is 0 Å². The first-order chi connectivity index (χ1) is 9.24. The third kappa shape index (κ3) is 3.40. The predicted molar refractivity (Wildman–Crippen MR) is 62.1 cm³/mol. The average Bonchev–Trinajstić information content (AvgIpc) is 2.80. The van der Waals surface area contributed by atoms with Gasteiger partial charge in [-0.1, -0.05) is 0 Å². The number of alkyl halides is 3. The first-order valence-electron chi connectivity index (χ1n) is 6.02. The summed E-state index contributed by atoms with van der Waals surface area (Å²) in [5.74, 6) is -2.49. The minimum atomic E-state index is -4.88. The zero-order valence-electron chi connectivity index (χ0n) is 11.0. The number of carbonyl (C=O) groups excluding carboxylic acids is 1. The summed E-state index contributed by atoms with van der Waals surface area (Å²) in [5, 5.41) is 11.6. The van der Waals surface area contributed by atoms with Crippen LogP contribution in [0.4, 0.5) is 13.2 Å². The topological polar surface area (TPSA) is 78.9 Å². The molecule has 1 rings (SSSR count). The van der Waals surface area contributed by atoms with Gasteiger partial charge >= 0.3 is 12.1 Å². The van der Waals surface area contributed by atoms with Gasteiger partial charge in [-0.3, -0.25) is 9.59 Å². The molecular formula is C11H17F3N2O4. The van der Waals surface area contributed by atoms with Crippen molar-refractivity contribution < 1.29 is 32.6 Å². The van der Waals surface area contributed by atoms with Gasteiger partial charge in [0.05, 0.1) is 13.2 Å². The molecule has 0 aromatic heterocycles. The third-order valence-electron chi connectivity index (χ3n) is 3.33. The molecule has 0 spiro atoms.